The van der Waals surface area contributed by atoms with Crippen LogP contribution >= 0.6 is 11.6 Å². The Balaban J connectivity index is 1.53. The zero-order chi connectivity index (χ0) is 20.3. The lowest BCUT2D eigenvalue weighted by atomic mass is 10.00. The highest BCUT2D eigenvalue weighted by atomic mass is 35.5. The van der Waals surface area contributed by atoms with Crippen LogP contribution in [-0.4, -0.2) is 18.7 Å². The SMILES string of the molecule is CCOC(=O)[C@@]1(C)[C@@H]2Oc3cc(Oc4ccc(C(F)(F)F)cc4Cl)ccc3[C@@H]21. The maximum atomic E-state index is 12.7. The summed E-state index contributed by atoms with van der Waals surface area (Å²) in [6.07, 6.45) is -4.76. The Morgan fingerprint density at radius 3 is 2.64 bits per heavy atom. The van der Waals surface area contributed by atoms with Gasteiger partial charge in [0.25, 0.3) is 0 Å². The molecule has 1 aliphatic heterocycles. The predicted octanol–water partition coefficient (Wildman–Crippen LogP) is 5.58. The van der Waals surface area contributed by atoms with Crippen molar-refractivity contribution < 1.29 is 32.2 Å². The van der Waals surface area contributed by atoms with Crippen LogP contribution in [0.5, 0.6) is 17.2 Å². The molecule has 3 atom stereocenters. The second-order valence-corrected chi connectivity index (χ2v) is 7.37. The van der Waals surface area contributed by atoms with Gasteiger partial charge in [-0.15, -0.1) is 0 Å². The molecule has 0 radical (unpaired) electrons. The van der Waals surface area contributed by atoms with Crippen molar-refractivity contribution in [1.29, 1.82) is 0 Å². The molecule has 2 aromatic carbocycles. The Bertz CT molecular complexity index is 959. The number of ether oxygens (including phenoxy) is 3. The predicted molar refractivity (Wildman–Crippen MR) is 94.9 cm³/mol. The Hall–Kier alpha value is -2.41. The number of carbonyl (C=O) groups excluding carboxylic acids is 1. The fourth-order valence-corrected chi connectivity index (χ4v) is 3.86. The molecule has 0 aromatic heterocycles. The average Bonchev–Trinajstić information content (AvgIpc) is 3.03. The van der Waals surface area contributed by atoms with E-state index in [-0.39, 0.29) is 28.8 Å². The zero-order valence-electron chi connectivity index (χ0n) is 15.0. The molecule has 2 aromatic rings. The highest BCUT2D eigenvalue weighted by Crippen LogP contribution is 2.67. The molecule has 0 saturated heterocycles. The van der Waals surface area contributed by atoms with Crippen LogP contribution in [0.3, 0.4) is 0 Å². The minimum Gasteiger partial charge on any atom is -0.488 e. The lowest BCUT2D eigenvalue weighted by Gasteiger charge is -2.16. The van der Waals surface area contributed by atoms with Gasteiger partial charge >= 0.3 is 12.1 Å². The monoisotopic (exact) mass is 412 g/mol. The summed E-state index contributed by atoms with van der Waals surface area (Å²) in [7, 11) is 0. The smallest absolute Gasteiger partial charge is 0.416 e. The van der Waals surface area contributed by atoms with Crippen LogP contribution in [0.15, 0.2) is 36.4 Å². The first kappa shape index (κ1) is 18.9. The number of benzene rings is 2. The minimum absolute atomic E-state index is 0.0785. The molecule has 0 amide bonds. The molecule has 0 spiro atoms. The summed E-state index contributed by atoms with van der Waals surface area (Å²) in [5.41, 5.74) is -0.658. The molecule has 0 bridgehead atoms. The van der Waals surface area contributed by atoms with E-state index in [4.69, 9.17) is 25.8 Å². The van der Waals surface area contributed by atoms with Gasteiger partial charge < -0.3 is 14.2 Å². The van der Waals surface area contributed by atoms with Crippen LogP contribution in [0, 0.1) is 5.41 Å². The summed E-state index contributed by atoms with van der Waals surface area (Å²) in [5.74, 6) is 0.698. The van der Waals surface area contributed by atoms with Crippen molar-refractivity contribution >= 4 is 17.6 Å². The summed E-state index contributed by atoms with van der Waals surface area (Å²) < 4.78 is 54.8. The van der Waals surface area contributed by atoms with Crippen LogP contribution in [0.1, 0.15) is 30.9 Å². The normalized spacial score (nSPS) is 24.8. The van der Waals surface area contributed by atoms with Gasteiger partial charge in [-0.3, -0.25) is 4.79 Å². The molecular weight excluding hydrogens is 397 g/mol. The number of fused-ring (bicyclic) bond motifs is 3. The van der Waals surface area contributed by atoms with E-state index >= 15 is 0 Å². The fourth-order valence-electron chi connectivity index (χ4n) is 3.64. The Morgan fingerprint density at radius 1 is 1.25 bits per heavy atom. The van der Waals surface area contributed by atoms with Crippen molar-refractivity contribution in [1.82, 2.24) is 0 Å². The van der Waals surface area contributed by atoms with E-state index < -0.39 is 17.2 Å². The topological polar surface area (TPSA) is 44.8 Å². The molecule has 8 heteroatoms. The number of carbonyl (C=O) groups is 1. The van der Waals surface area contributed by atoms with Crippen molar-refractivity contribution in [3.8, 4) is 17.2 Å². The maximum Gasteiger partial charge on any atom is 0.416 e. The first-order valence-electron chi connectivity index (χ1n) is 8.68. The van der Waals surface area contributed by atoms with Gasteiger partial charge in [0.2, 0.25) is 0 Å². The van der Waals surface area contributed by atoms with Gasteiger partial charge in [-0.05, 0) is 38.1 Å². The third-order valence-corrected chi connectivity index (χ3v) is 5.50. The first-order valence-corrected chi connectivity index (χ1v) is 9.06. The summed E-state index contributed by atoms with van der Waals surface area (Å²) in [5, 5.41) is -0.144. The molecule has 0 unspecified atom stereocenters. The van der Waals surface area contributed by atoms with E-state index in [9.17, 15) is 18.0 Å². The highest BCUT2D eigenvalue weighted by molar-refractivity contribution is 6.32. The van der Waals surface area contributed by atoms with E-state index in [2.05, 4.69) is 0 Å². The minimum atomic E-state index is -4.48. The standard InChI is InChI=1S/C20H16ClF3O4/c1-3-26-18(25)19(2)16-12-6-5-11(9-15(12)28-17(16)19)27-14-7-4-10(8-13(14)21)20(22,23)24/h4-9,16-17H,3H2,1-2H3/t16-,17+,19+/m0/s1. The van der Waals surface area contributed by atoms with E-state index in [1.807, 2.05) is 6.92 Å². The molecule has 1 saturated carbocycles. The quantitative estimate of drug-likeness (QED) is 0.615. The van der Waals surface area contributed by atoms with E-state index in [0.29, 0.717) is 18.1 Å². The molecule has 28 heavy (non-hydrogen) atoms. The third-order valence-electron chi connectivity index (χ3n) is 5.21. The molecule has 148 valence electrons. The van der Waals surface area contributed by atoms with Gasteiger partial charge in [-0.1, -0.05) is 17.7 Å². The molecule has 0 N–H and O–H groups in total. The van der Waals surface area contributed by atoms with Crippen molar-refractivity contribution in [2.45, 2.75) is 32.0 Å². The Labute approximate surface area is 164 Å². The second kappa shape index (κ2) is 6.30. The third kappa shape index (κ3) is 2.89. The van der Waals surface area contributed by atoms with Gasteiger partial charge in [-0.2, -0.15) is 13.2 Å². The van der Waals surface area contributed by atoms with E-state index in [1.165, 1.54) is 6.07 Å². The fraction of sp³-hybridized carbons (Fsp3) is 0.350. The number of alkyl halides is 3. The second-order valence-electron chi connectivity index (χ2n) is 6.96. The number of hydrogen-bond acceptors (Lipinski definition) is 4. The highest BCUT2D eigenvalue weighted by Gasteiger charge is 2.73. The molecular formula is C20H16ClF3O4. The average molecular weight is 413 g/mol. The number of esters is 1. The van der Waals surface area contributed by atoms with Crippen LogP contribution in [0.4, 0.5) is 13.2 Å². The summed E-state index contributed by atoms with van der Waals surface area (Å²) in [4.78, 5) is 12.2. The van der Waals surface area contributed by atoms with Crippen LogP contribution in [0.2, 0.25) is 5.02 Å². The molecule has 4 nitrogen and oxygen atoms in total. The van der Waals surface area contributed by atoms with Crippen LogP contribution in [0.25, 0.3) is 0 Å². The van der Waals surface area contributed by atoms with Crippen LogP contribution in [-0.2, 0) is 15.7 Å². The Morgan fingerprint density at radius 2 is 2.00 bits per heavy atom. The summed E-state index contributed by atoms with van der Waals surface area (Å²) in [6.45, 7) is 3.88. The van der Waals surface area contributed by atoms with Gasteiger partial charge in [0.1, 0.15) is 28.8 Å². The van der Waals surface area contributed by atoms with Crippen molar-refractivity contribution in [3.05, 3.63) is 52.5 Å². The van der Waals surface area contributed by atoms with Gasteiger partial charge in [0.15, 0.2) is 0 Å². The lowest BCUT2D eigenvalue weighted by Crippen LogP contribution is -2.23. The van der Waals surface area contributed by atoms with Gasteiger partial charge in [0.05, 0.1) is 17.2 Å². The number of rotatable bonds is 4. The molecule has 2 aliphatic rings. The summed E-state index contributed by atoms with van der Waals surface area (Å²) in [6, 6.07) is 8.00. The zero-order valence-corrected chi connectivity index (χ0v) is 15.7. The summed E-state index contributed by atoms with van der Waals surface area (Å²) >= 11 is 5.93. The molecule has 4 rings (SSSR count). The lowest BCUT2D eigenvalue weighted by molar-refractivity contribution is -0.150. The van der Waals surface area contributed by atoms with Crippen LogP contribution < -0.4 is 9.47 Å². The first-order chi connectivity index (χ1) is 13.2. The maximum absolute atomic E-state index is 12.7. The number of halogens is 4. The largest absolute Gasteiger partial charge is 0.488 e. The van der Waals surface area contributed by atoms with E-state index in [0.717, 1.165) is 17.7 Å². The van der Waals surface area contributed by atoms with Crippen molar-refractivity contribution in [2.24, 2.45) is 5.41 Å². The van der Waals surface area contributed by atoms with Gasteiger partial charge in [-0.25, -0.2) is 0 Å². The molecule has 1 fully saturated rings. The van der Waals surface area contributed by atoms with E-state index in [1.54, 1.807) is 25.1 Å². The molecule has 1 heterocycles. The van der Waals surface area contributed by atoms with Crippen molar-refractivity contribution in [2.75, 3.05) is 6.61 Å². The number of hydrogen-bond donors (Lipinski definition) is 0. The Kier molecular flexibility index (Phi) is 4.26. The van der Waals surface area contributed by atoms with Crippen molar-refractivity contribution in [3.63, 3.8) is 0 Å². The van der Waals surface area contributed by atoms with Gasteiger partial charge in [0, 0.05) is 17.5 Å². The molecule has 1 aliphatic carbocycles.